The molecule has 2 aromatic carbocycles. The Balaban J connectivity index is 1.63. The molecule has 1 amide bonds. The maximum atomic E-state index is 13.6. The van der Waals surface area contributed by atoms with Crippen LogP contribution in [0.3, 0.4) is 0 Å². The number of carbonyl (C=O) groups excluding carboxylic acids is 1. The third-order valence-electron chi connectivity index (χ3n) is 5.49. The van der Waals surface area contributed by atoms with Crippen LogP contribution in [-0.4, -0.2) is 66.7 Å². The topological polar surface area (TPSA) is 98.0 Å². The molecule has 11 heteroatoms. The zero-order valence-electron chi connectivity index (χ0n) is 18.7. The summed E-state index contributed by atoms with van der Waals surface area (Å²) in [5.74, 6) is 0.317. The van der Waals surface area contributed by atoms with Gasteiger partial charge in [-0.3, -0.25) is 24.7 Å². The van der Waals surface area contributed by atoms with E-state index in [0.29, 0.717) is 37.9 Å². The van der Waals surface area contributed by atoms with Crippen molar-refractivity contribution in [1.29, 1.82) is 0 Å². The number of non-ortho nitro benzene ring substituents is 1. The number of morpholine rings is 1. The zero-order chi connectivity index (χ0) is 24.1. The number of ether oxygens (including phenoxy) is 2. The van der Waals surface area contributed by atoms with Crippen molar-refractivity contribution >= 4 is 49.9 Å². The van der Waals surface area contributed by atoms with Crippen molar-refractivity contribution in [3.05, 3.63) is 57.1 Å². The van der Waals surface area contributed by atoms with Gasteiger partial charge in [0.2, 0.25) is 0 Å². The minimum atomic E-state index is -0.539. The number of fused-ring (bicyclic) bond motifs is 1. The first-order valence-corrected chi connectivity index (χ1v) is 12.2. The van der Waals surface area contributed by atoms with Gasteiger partial charge in [0.15, 0.2) is 5.13 Å². The molecule has 0 unspecified atom stereocenters. The Morgan fingerprint density at radius 2 is 2.09 bits per heavy atom. The number of thiazole rings is 1. The van der Waals surface area contributed by atoms with E-state index in [1.807, 2.05) is 25.1 Å². The summed E-state index contributed by atoms with van der Waals surface area (Å²) in [5.41, 5.74) is 0.641. The molecular weight excluding hydrogens is 480 g/mol. The van der Waals surface area contributed by atoms with Crippen molar-refractivity contribution in [2.75, 3.05) is 50.9 Å². The number of benzene rings is 2. The fourth-order valence-corrected chi connectivity index (χ4v) is 4.98. The average molecular weight is 505 g/mol. The highest BCUT2D eigenvalue weighted by molar-refractivity contribution is 7.22. The lowest BCUT2D eigenvalue weighted by molar-refractivity contribution is -0.384. The van der Waals surface area contributed by atoms with E-state index in [0.717, 1.165) is 35.6 Å². The molecule has 180 valence electrons. The van der Waals surface area contributed by atoms with Crippen LogP contribution in [0.15, 0.2) is 36.4 Å². The molecule has 1 aliphatic heterocycles. The van der Waals surface area contributed by atoms with E-state index in [1.54, 1.807) is 4.90 Å². The van der Waals surface area contributed by atoms with Crippen molar-refractivity contribution in [2.45, 2.75) is 13.3 Å². The van der Waals surface area contributed by atoms with E-state index < -0.39 is 10.8 Å². The van der Waals surface area contributed by atoms with Crippen molar-refractivity contribution < 1.29 is 19.2 Å². The maximum absolute atomic E-state index is 13.6. The van der Waals surface area contributed by atoms with Crippen LogP contribution in [0.4, 0.5) is 10.8 Å². The van der Waals surface area contributed by atoms with Crippen molar-refractivity contribution in [3.63, 3.8) is 0 Å². The molecule has 4 rings (SSSR count). The Labute approximate surface area is 206 Å². The molecule has 2 heterocycles. The largest absolute Gasteiger partial charge is 0.494 e. The van der Waals surface area contributed by atoms with Gasteiger partial charge < -0.3 is 9.47 Å². The molecule has 0 radical (unpaired) electrons. The van der Waals surface area contributed by atoms with Gasteiger partial charge in [-0.15, -0.1) is 0 Å². The Kier molecular flexibility index (Phi) is 7.94. The number of anilines is 1. The number of hydrogen-bond donors (Lipinski definition) is 0. The molecule has 0 N–H and O–H groups in total. The molecule has 3 aromatic rings. The summed E-state index contributed by atoms with van der Waals surface area (Å²) in [6.45, 7) is 6.77. The van der Waals surface area contributed by atoms with Crippen LogP contribution in [0.25, 0.3) is 10.2 Å². The SMILES string of the molecule is CCOc1ccc2nc(N(CCCN3CCOCC3)C(=O)c3cc([N+](=O)[O-])ccc3Cl)sc2c1. The molecule has 0 spiro atoms. The third-order valence-corrected chi connectivity index (χ3v) is 6.86. The van der Waals surface area contributed by atoms with Gasteiger partial charge in [-0.05, 0) is 37.6 Å². The Hall–Kier alpha value is -2.79. The molecule has 0 bridgehead atoms. The number of rotatable bonds is 9. The number of nitrogens with zero attached hydrogens (tertiary/aromatic N) is 4. The zero-order valence-corrected chi connectivity index (χ0v) is 20.3. The Bertz CT molecular complexity index is 1180. The van der Waals surface area contributed by atoms with Crippen LogP contribution in [0.2, 0.25) is 5.02 Å². The predicted octanol–water partition coefficient (Wildman–Crippen LogP) is 4.63. The van der Waals surface area contributed by atoms with Crippen molar-refractivity contribution in [2.24, 2.45) is 0 Å². The standard InChI is InChI=1S/C23H25ClN4O5S/c1-2-33-17-5-7-20-21(15-17)34-23(25-20)27(9-3-8-26-10-12-32-13-11-26)22(29)18-14-16(28(30)31)4-6-19(18)24/h4-7,14-15H,2-3,8-13H2,1H3. The minimum absolute atomic E-state index is 0.0801. The summed E-state index contributed by atoms with van der Waals surface area (Å²) in [5, 5.41) is 11.9. The second-order valence-corrected chi connectivity index (χ2v) is 9.16. The summed E-state index contributed by atoms with van der Waals surface area (Å²) < 4.78 is 11.9. The number of amides is 1. The number of nitro groups is 1. The molecular formula is C23H25ClN4O5S. The molecule has 1 saturated heterocycles. The van der Waals surface area contributed by atoms with Gasteiger partial charge in [-0.2, -0.15) is 0 Å². The second-order valence-electron chi connectivity index (χ2n) is 7.74. The first kappa shape index (κ1) is 24.3. The monoisotopic (exact) mass is 504 g/mol. The summed E-state index contributed by atoms with van der Waals surface area (Å²) in [7, 11) is 0. The highest BCUT2D eigenvalue weighted by Gasteiger charge is 2.25. The molecule has 1 aliphatic rings. The number of hydrogen-bond acceptors (Lipinski definition) is 8. The first-order valence-electron chi connectivity index (χ1n) is 11.1. The van der Waals surface area contributed by atoms with Gasteiger partial charge >= 0.3 is 0 Å². The van der Waals surface area contributed by atoms with Crippen LogP contribution in [0.1, 0.15) is 23.7 Å². The highest BCUT2D eigenvalue weighted by Crippen LogP contribution is 2.33. The van der Waals surface area contributed by atoms with Gasteiger partial charge in [0.1, 0.15) is 5.75 Å². The molecule has 9 nitrogen and oxygen atoms in total. The van der Waals surface area contributed by atoms with Gasteiger partial charge in [0.05, 0.1) is 45.5 Å². The van der Waals surface area contributed by atoms with E-state index in [4.69, 9.17) is 21.1 Å². The second kappa shape index (κ2) is 11.1. The van der Waals surface area contributed by atoms with Gasteiger partial charge in [-0.25, -0.2) is 4.98 Å². The summed E-state index contributed by atoms with van der Waals surface area (Å²) in [6.07, 6.45) is 0.707. The molecule has 1 aromatic heterocycles. The van der Waals surface area contributed by atoms with E-state index in [2.05, 4.69) is 9.88 Å². The summed E-state index contributed by atoms with van der Waals surface area (Å²) >= 11 is 7.67. The quantitative estimate of drug-likeness (QED) is 0.309. The molecule has 0 atom stereocenters. The van der Waals surface area contributed by atoms with E-state index in [9.17, 15) is 14.9 Å². The van der Waals surface area contributed by atoms with Crippen LogP contribution in [-0.2, 0) is 4.74 Å². The molecule has 0 saturated carbocycles. The maximum Gasteiger partial charge on any atom is 0.270 e. The Morgan fingerprint density at radius 1 is 1.29 bits per heavy atom. The lowest BCUT2D eigenvalue weighted by Crippen LogP contribution is -2.39. The summed E-state index contributed by atoms with van der Waals surface area (Å²) in [4.78, 5) is 32.9. The fourth-order valence-electron chi connectivity index (χ4n) is 3.76. The van der Waals surface area contributed by atoms with Crippen LogP contribution < -0.4 is 9.64 Å². The minimum Gasteiger partial charge on any atom is -0.494 e. The molecule has 34 heavy (non-hydrogen) atoms. The van der Waals surface area contributed by atoms with Crippen LogP contribution >= 0.6 is 22.9 Å². The molecule has 1 fully saturated rings. The van der Waals surface area contributed by atoms with Crippen LogP contribution in [0, 0.1) is 10.1 Å². The van der Waals surface area contributed by atoms with Crippen LogP contribution in [0.5, 0.6) is 5.75 Å². The lowest BCUT2D eigenvalue weighted by Gasteiger charge is -2.27. The van der Waals surface area contributed by atoms with Crippen molar-refractivity contribution in [3.8, 4) is 5.75 Å². The van der Waals surface area contributed by atoms with E-state index in [1.165, 1.54) is 29.5 Å². The number of nitro benzene ring substituents is 1. The van der Waals surface area contributed by atoms with E-state index in [-0.39, 0.29) is 16.3 Å². The lowest BCUT2D eigenvalue weighted by atomic mass is 10.1. The smallest absolute Gasteiger partial charge is 0.270 e. The van der Waals surface area contributed by atoms with Crippen molar-refractivity contribution in [1.82, 2.24) is 9.88 Å². The van der Waals surface area contributed by atoms with Gasteiger partial charge in [0, 0.05) is 38.3 Å². The van der Waals surface area contributed by atoms with Gasteiger partial charge in [-0.1, -0.05) is 22.9 Å². The third kappa shape index (κ3) is 5.64. The molecule has 0 aliphatic carbocycles. The highest BCUT2D eigenvalue weighted by atomic mass is 35.5. The van der Waals surface area contributed by atoms with Gasteiger partial charge in [0.25, 0.3) is 11.6 Å². The Morgan fingerprint density at radius 3 is 2.82 bits per heavy atom. The average Bonchev–Trinajstić information content (AvgIpc) is 3.25. The number of aromatic nitrogens is 1. The summed E-state index contributed by atoms with van der Waals surface area (Å²) in [6, 6.07) is 9.49. The van der Waals surface area contributed by atoms with E-state index >= 15 is 0 Å². The number of halogens is 1. The normalized spacial score (nSPS) is 14.3. The fraction of sp³-hybridized carbons (Fsp3) is 0.391. The predicted molar refractivity (Wildman–Crippen MR) is 132 cm³/mol. The number of carbonyl (C=O) groups is 1. The first-order chi connectivity index (χ1) is 16.5.